The van der Waals surface area contributed by atoms with Gasteiger partial charge in [-0.05, 0) is 72.1 Å². The quantitative estimate of drug-likeness (QED) is 0.785. The molecule has 7 nitrogen and oxygen atoms in total. The van der Waals surface area contributed by atoms with Gasteiger partial charge in [-0.15, -0.1) is 0 Å². The van der Waals surface area contributed by atoms with E-state index in [4.69, 9.17) is 19.8 Å². The van der Waals surface area contributed by atoms with Crippen molar-refractivity contribution in [1.82, 2.24) is 10.3 Å². The Labute approximate surface area is 161 Å². The van der Waals surface area contributed by atoms with Crippen molar-refractivity contribution in [3.05, 3.63) is 29.5 Å². The highest BCUT2D eigenvalue weighted by molar-refractivity contribution is 6.56. The van der Waals surface area contributed by atoms with Crippen LogP contribution in [0.1, 0.15) is 54.2 Å². The number of carbonyl (C=O) groups excluding carboxylic acids is 1. The molecule has 0 unspecified atom stereocenters. The molecule has 1 amide bonds. The molecular weight excluding hydrogens is 345 g/mol. The number of alkyl carbamates (subject to hydrolysis) is 1. The smallest absolute Gasteiger partial charge is 0.444 e. The van der Waals surface area contributed by atoms with Crippen LogP contribution in [0.15, 0.2) is 23.8 Å². The summed E-state index contributed by atoms with van der Waals surface area (Å²) in [7, 11) is -0.617. The Bertz CT molecular complexity index is 710. The summed E-state index contributed by atoms with van der Waals surface area (Å²) in [5.41, 5.74) is 6.26. The highest BCUT2D eigenvalue weighted by Gasteiger charge is 2.52. The van der Waals surface area contributed by atoms with Crippen LogP contribution in [0, 0.1) is 0 Å². The maximum absolute atomic E-state index is 12.1. The molecule has 148 valence electrons. The molecule has 0 saturated carbocycles. The maximum Gasteiger partial charge on any atom is 0.492 e. The molecule has 8 heteroatoms. The minimum Gasteiger partial charge on any atom is -0.444 e. The molecule has 1 aliphatic rings. The summed E-state index contributed by atoms with van der Waals surface area (Å²) in [6.07, 6.45) is 2.94. The second-order valence-corrected chi connectivity index (χ2v) is 8.68. The third-order valence-electron chi connectivity index (χ3n) is 4.53. The molecule has 3 N–H and O–H groups in total. The van der Waals surface area contributed by atoms with Gasteiger partial charge in [0.15, 0.2) is 0 Å². The van der Waals surface area contributed by atoms with Crippen molar-refractivity contribution in [2.24, 2.45) is 0 Å². The van der Waals surface area contributed by atoms with Gasteiger partial charge < -0.3 is 25.1 Å². The topological polar surface area (TPSA) is 95.7 Å². The molecule has 0 radical (unpaired) electrons. The maximum atomic E-state index is 12.1. The molecule has 0 spiro atoms. The number of nitrogens with two attached hydrogens (primary N) is 1. The molecule has 1 aromatic rings. The lowest BCUT2D eigenvalue weighted by Crippen LogP contribution is -2.41. The number of ether oxygens (including phenoxy) is 1. The Kier molecular flexibility index (Phi) is 5.92. The summed E-state index contributed by atoms with van der Waals surface area (Å²) >= 11 is 0. The molecule has 0 aliphatic carbocycles. The number of amides is 1. The van der Waals surface area contributed by atoms with Gasteiger partial charge in [0.25, 0.3) is 0 Å². The molecule has 0 bridgehead atoms. The first-order chi connectivity index (χ1) is 12.3. The van der Waals surface area contributed by atoms with E-state index in [2.05, 4.69) is 10.3 Å². The van der Waals surface area contributed by atoms with Gasteiger partial charge in [-0.1, -0.05) is 0 Å². The molecule has 27 heavy (non-hydrogen) atoms. The van der Waals surface area contributed by atoms with Crippen LogP contribution in [0.25, 0.3) is 6.08 Å². The second kappa shape index (κ2) is 7.52. The van der Waals surface area contributed by atoms with Gasteiger partial charge in [-0.25, -0.2) is 4.79 Å². The summed E-state index contributed by atoms with van der Waals surface area (Å²) in [6.45, 7) is 13.5. The van der Waals surface area contributed by atoms with E-state index in [-0.39, 0.29) is 6.54 Å². The van der Waals surface area contributed by atoms with Crippen LogP contribution >= 0.6 is 0 Å². The SMILES string of the molecule is CC(C)(C)OC(=O)NCC(=Cc1cc(N)ccn1)B1OC(C)(C)C(C)(C)O1. The van der Waals surface area contributed by atoms with Gasteiger partial charge in [0.2, 0.25) is 0 Å². The van der Waals surface area contributed by atoms with E-state index in [0.29, 0.717) is 11.4 Å². The highest BCUT2D eigenvalue weighted by atomic mass is 16.7. The molecule has 1 fully saturated rings. The number of nitrogen functional groups attached to an aromatic ring is 1. The Morgan fingerprint density at radius 2 is 1.89 bits per heavy atom. The summed E-state index contributed by atoms with van der Waals surface area (Å²) < 4.78 is 17.5. The zero-order valence-corrected chi connectivity index (χ0v) is 17.3. The molecular formula is C19H30BN3O4. The molecule has 0 atom stereocenters. The zero-order valence-electron chi connectivity index (χ0n) is 17.3. The fourth-order valence-electron chi connectivity index (χ4n) is 2.42. The molecule has 2 rings (SSSR count). The second-order valence-electron chi connectivity index (χ2n) is 8.68. The van der Waals surface area contributed by atoms with Crippen LogP contribution in [0.2, 0.25) is 0 Å². The van der Waals surface area contributed by atoms with Crippen molar-refractivity contribution in [3.63, 3.8) is 0 Å². The third kappa shape index (κ3) is 5.71. The van der Waals surface area contributed by atoms with E-state index < -0.39 is 30.0 Å². The number of hydrogen-bond acceptors (Lipinski definition) is 6. The lowest BCUT2D eigenvalue weighted by Gasteiger charge is -2.32. The van der Waals surface area contributed by atoms with Crippen molar-refractivity contribution in [1.29, 1.82) is 0 Å². The van der Waals surface area contributed by atoms with Crippen molar-refractivity contribution in [3.8, 4) is 0 Å². The third-order valence-corrected chi connectivity index (χ3v) is 4.53. The van der Waals surface area contributed by atoms with Crippen molar-refractivity contribution < 1.29 is 18.8 Å². The monoisotopic (exact) mass is 375 g/mol. The van der Waals surface area contributed by atoms with Gasteiger partial charge in [0.05, 0.1) is 16.9 Å². The van der Waals surface area contributed by atoms with Crippen LogP contribution in [-0.2, 0) is 14.0 Å². The van der Waals surface area contributed by atoms with E-state index in [1.807, 2.05) is 54.5 Å². The molecule has 0 aromatic carbocycles. The number of hydrogen-bond donors (Lipinski definition) is 2. The van der Waals surface area contributed by atoms with Gasteiger partial charge in [-0.3, -0.25) is 4.98 Å². The van der Waals surface area contributed by atoms with Crippen LogP contribution in [0.4, 0.5) is 10.5 Å². The Balaban J connectivity index is 2.23. The van der Waals surface area contributed by atoms with Gasteiger partial charge in [0.1, 0.15) is 5.60 Å². The predicted octanol–water partition coefficient (Wildman–Crippen LogP) is 3.20. The van der Waals surface area contributed by atoms with Gasteiger partial charge in [0, 0.05) is 18.4 Å². The predicted molar refractivity (Wildman–Crippen MR) is 107 cm³/mol. The Morgan fingerprint density at radius 1 is 1.30 bits per heavy atom. The average molecular weight is 375 g/mol. The first-order valence-corrected chi connectivity index (χ1v) is 9.03. The number of anilines is 1. The average Bonchev–Trinajstić information content (AvgIpc) is 2.70. The fourth-order valence-corrected chi connectivity index (χ4v) is 2.42. The lowest BCUT2D eigenvalue weighted by atomic mass is 9.77. The van der Waals surface area contributed by atoms with E-state index in [1.165, 1.54) is 0 Å². The normalized spacial score (nSPS) is 19.1. The van der Waals surface area contributed by atoms with E-state index in [9.17, 15) is 4.79 Å². The van der Waals surface area contributed by atoms with E-state index >= 15 is 0 Å². The highest BCUT2D eigenvalue weighted by Crippen LogP contribution is 2.38. The van der Waals surface area contributed by atoms with E-state index in [0.717, 1.165) is 5.47 Å². The van der Waals surface area contributed by atoms with Crippen LogP contribution in [0.3, 0.4) is 0 Å². The summed E-state index contributed by atoms with van der Waals surface area (Å²) in [5.74, 6) is 0. The Hall–Kier alpha value is -2.06. The summed E-state index contributed by atoms with van der Waals surface area (Å²) in [5, 5.41) is 2.76. The van der Waals surface area contributed by atoms with Crippen molar-refractivity contribution >= 4 is 25.0 Å². The summed E-state index contributed by atoms with van der Waals surface area (Å²) in [6, 6.07) is 3.46. The molecule has 1 saturated heterocycles. The first-order valence-electron chi connectivity index (χ1n) is 9.03. The molecule has 1 aromatic heterocycles. The number of nitrogens with zero attached hydrogens (tertiary/aromatic N) is 1. The molecule has 1 aliphatic heterocycles. The van der Waals surface area contributed by atoms with Gasteiger partial charge >= 0.3 is 13.2 Å². The van der Waals surface area contributed by atoms with Crippen LogP contribution in [-0.4, -0.2) is 41.5 Å². The minimum atomic E-state index is -0.617. The largest absolute Gasteiger partial charge is 0.492 e. The fraction of sp³-hybridized carbons (Fsp3) is 0.579. The standard InChI is InChI=1S/C19H30BN3O4/c1-17(2,3)25-16(24)23-12-13(10-15-11-14(21)8-9-22-15)20-26-18(4,5)19(6,7)27-20/h8-11H,12H2,1-7H3,(H2,21,22)(H,23,24). The number of pyridine rings is 1. The molecule has 2 heterocycles. The number of carbonyl (C=O) groups is 1. The first kappa shape index (κ1) is 21.2. The Morgan fingerprint density at radius 3 is 2.41 bits per heavy atom. The van der Waals surface area contributed by atoms with E-state index in [1.54, 1.807) is 18.3 Å². The number of aromatic nitrogens is 1. The van der Waals surface area contributed by atoms with Gasteiger partial charge in [-0.2, -0.15) is 0 Å². The lowest BCUT2D eigenvalue weighted by molar-refractivity contribution is 0.00578. The van der Waals surface area contributed by atoms with Crippen molar-refractivity contribution in [2.75, 3.05) is 12.3 Å². The number of rotatable bonds is 4. The van der Waals surface area contributed by atoms with Crippen LogP contribution in [0.5, 0.6) is 0 Å². The summed E-state index contributed by atoms with van der Waals surface area (Å²) in [4.78, 5) is 16.4. The van der Waals surface area contributed by atoms with Crippen LogP contribution < -0.4 is 11.1 Å². The van der Waals surface area contributed by atoms with Crippen molar-refractivity contribution in [2.45, 2.75) is 65.3 Å². The minimum absolute atomic E-state index is 0.197. The zero-order chi connectivity index (χ0) is 20.5. The number of nitrogens with one attached hydrogen (secondary N) is 1.